The largest absolute Gasteiger partial charge is 0.382 e. The Bertz CT molecular complexity index is 1240. The molecule has 33 heavy (non-hydrogen) atoms. The Kier molecular flexibility index (Phi) is 7.43. The first-order chi connectivity index (χ1) is 16.1. The maximum Gasteiger partial charge on any atom is 0.203 e. The predicted molar refractivity (Wildman–Crippen MR) is 133 cm³/mol. The maximum atomic E-state index is 9.16. The lowest BCUT2D eigenvalue weighted by molar-refractivity contribution is 0.0531. The smallest absolute Gasteiger partial charge is 0.203 e. The number of aryl methyl sites for hydroxylation is 2. The summed E-state index contributed by atoms with van der Waals surface area (Å²) in [7, 11) is 1.68. The molecule has 0 amide bonds. The molecule has 0 aliphatic carbocycles. The topological polar surface area (TPSA) is 52.2 Å². The van der Waals surface area contributed by atoms with Crippen molar-refractivity contribution in [2.24, 2.45) is 0 Å². The third-order valence-corrected chi connectivity index (χ3v) is 6.08. The Morgan fingerprint density at radius 3 is 2.03 bits per heavy atom. The Morgan fingerprint density at radius 1 is 0.788 bits per heavy atom. The molecule has 172 valence electrons. The van der Waals surface area contributed by atoms with Crippen molar-refractivity contribution in [1.29, 1.82) is 5.41 Å². The van der Waals surface area contributed by atoms with Crippen LogP contribution in [0, 0.1) is 19.3 Å². The molecule has 1 unspecified atom stereocenters. The van der Waals surface area contributed by atoms with Gasteiger partial charge in [-0.15, -0.1) is 0 Å². The summed E-state index contributed by atoms with van der Waals surface area (Å²) in [5, 5.41) is 9.16. The highest BCUT2D eigenvalue weighted by Gasteiger charge is 2.20. The number of methoxy groups -OCH3 is 1. The van der Waals surface area contributed by atoms with E-state index in [-0.39, 0.29) is 6.04 Å². The Hall–Kier alpha value is -3.15. The summed E-state index contributed by atoms with van der Waals surface area (Å²) in [5.41, 5.74) is 7.52. The number of nitrogens with one attached hydrogen (secondary N) is 1. The summed E-state index contributed by atoms with van der Waals surface area (Å²) in [4.78, 5) is 0. The number of nitrogens with zero attached hydrogens (tertiary/aromatic N) is 2. The molecule has 0 radical (unpaired) electrons. The van der Waals surface area contributed by atoms with E-state index in [9.17, 15) is 0 Å². The maximum absolute atomic E-state index is 9.16. The lowest BCUT2D eigenvalue weighted by Gasteiger charge is -2.20. The first-order valence-corrected chi connectivity index (χ1v) is 11.5. The average Bonchev–Trinajstić information content (AvgIpc) is 3.10. The SMILES string of the molecule is COCCOCC(Cc1ccc(C)cc1)n1c(=N)n(Cc2ccc(C)cc2)c2ccccc21. The normalized spacial score (nSPS) is 12.3. The van der Waals surface area contributed by atoms with E-state index in [2.05, 4.69) is 83.6 Å². The minimum Gasteiger partial charge on any atom is -0.382 e. The highest BCUT2D eigenvalue weighted by atomic mass is 16.5. The second-order valence-corrected chi connectivity index (χ2v) is 8.67. The van der Waals surface area contributed by atoms with Crippen molar-refractivity contribution in [2.45, 2.75) is 32.9 Å². The average molecular weight is 444 g/mol. The van der Waals surface area contributed by atoms with E-state index in [1.165, 1.54) is 22.3 Å². The fraction of sp³-hybridized carbons (Fsp3) is 0.321. The van der Waals surface area contributed by atoms with Crippen LogP contribution in [0.3, 0.4) is 0 Å². The predicted octanol–water partition coefficient (Wildman–Crippen LogP) is 5.03. The van der Waals surface area contributed by atoms with Crippen LogP contribution in [0.2, 0.25) is 0 Å². The van der Waals surface area contributed by atoms with Crippen molar-refractivity contribution < 1.29 is 9.47 Å². The molecule has 1 N–H and O–H groups in total. The number of hydrogen-bond acceptors (Lipinski definition) is 3. The number of hydrogen-bond donors (Lipinski definition) is 1. The number of imidazole rings is 1. The van der Waals surface area contributed by atoms with Crippen LogP contribution in [0.4, 0.5) is 0 Å². The van der Waals surface area contributed by atoms with Crippen LogP contribution in [0.25, 0.3) is 11.0 Å². The van der Waals surface area contributed by atoms with Crippen LogP contribution >= 0.6 is 0 Å². The monoisotopic (exact) mass is 443 g/mol. The highest BCUT2D eigenvalue weighted by molar-refractivity contribution is 5.76. The summed E-state index contributed by atoms with van der Waals surface area (Å²) in [6.07, 6.45) is 0.794. The molecule has 0 saturated heterocycles. The van der Waals surface area contributed by atoms with E-state index >= 15 is 0 Å². The fourth-order valence-electron chi connectivity index (χ4n) is 4.24. The van der Waals surface area contributed by atoms with Crippen LogP contribution in [-0.4, -0.2) is 36.1 Å². The number of ether oxygens (including phenoxy) is 2. The molecule has 4 aromatic rings. The van der Waals surface area contributed by atoms with Crippen LogP contribution in [-0.2, 0) is 22.4 Å². The Balaban J connectivity index is 1.74. The molecular formula is C28H33N3O2. The van der Waals surface area contributed by atoms with Gasteiger partial charge in [-0.25, -0.2) is 0 Å². The molecule has 1 aromatic heterocycles. The molecule has 1 heterocycles. The van der Waals surface area contributed by atoms with Gasteiger partial charge >= 0.3 is 0 Å². The first-order valence-electron chi connectivity index (χ1n) is 11.5. The minimum atomic E-state index is 0.00114. The zero-order valence-electron chi connectivity index (χ0n) is 19.8. The van der Waals surface area contributed by atoms with Crippen molar-refractivity contribution >= 4 is 11.0 Å². The fourth-order valence-corrected chi connectivity index (χ4v) is 4.24. The van der Waals surface area contributed by atoms with Gasteiger partial charge in [-0.3, -0.25) is 5.41 Å². The number of para-hydroxylation sites is 2. The van der Waals surface area contributed by atoms with E-state index in [4.69, 9.17) is 14.9 Å². The third kappa shape index (κ3) is 5.44. The number of benzene rings is 3. The van der Waals surface area contributed by atoms with Crippen LogP contribution < -0.4 is 5.62 Å². The second-order valence-electron chi connectivity index (χ2n) is 8.67. The van der Waals surface area contributed by atoms with E-state index in [1.54, 1.807) is 7.11 Å². The molecule has 0 aliphatic heterocycles. The van der Waals surface area contributed by atoms with E-state index in [0.29, 0.717) is 32.0 Å². The molecular weight excluding hydrogens is 410 g/mol. The van der Waals surface area contributed by atoms with Crippen LogP contribution in [0.1, 0.15) is 28.3 Å². The lowest BCUT2D eigenvalue weighted by atomic mass is 10.0. The molecule has 5 nitrogen and oxygen atoms in total. The van der Waals surface area contributed by atoms with Gasteiger partial charge in [0, 0.05) is 7.11 Å². The first kappa shape index (κ1) is 23.0. The Labute approximate surface area is 195 Å². The van der Waals surface area contributed by atoms with Crippen molar-refractivity contribution in [2.75, 3.05) is 26.9 Å². The standard InChI is InChI=1S/C28H33N3O2/c1-21-8-12-23(13-9-21)18-25(20-33-17-16-32-3)31-27-7-5-4-6-26(27)30(28(31)29)19-24-14-10-22(2)11-15-24/h4-15,25,29H,16-20H2,1-3H3. The van der Waals surface area contributed by atoms with Gasteiger partial charge in [0.15, 0.2) is 0 Å². The van der Waals surface area contributed by atoms with Gasteiger partial charge in [-0.05, 0) is 43.5 Å². The molecule has 5 heteroatoms. The van der Waals surface area contributed by atoms with Gasteiger partial charge in [0.1, 0.15) is 0 Å². The number of aromatic nitrogens is 2. The number of rotatable bonds is 10. The summed E-state index contributed by atoms with van der Waals surface area (Å²) in [6.45, 7) is 6.48. The zero-order valence-corrected chi connectivity index (χ0v) is 19.8. The zero-order chi connectivity index (χ0) is 23.2. The van der Waals surface area contributed by atoms with Gasteiger partial charge in [0.05, 0.1) is 43.4 Å². The molecule has 3 aromatic carbocycles. The molecule has 0 fully saturated rings. The summed E-state index contributed by atoms with van der Waals surface area (Å²) in [6, 6.07) is 25.5. The summed E-state index contributed by atoms with van der Waals surface area (Å²) < 4.78 is 15.4. The molecule has 0 spiro atoms. The second kappa shape index (κ2) is 10.6. The molecule has 0 saturated carbocycles. The molecule has 0 aliphatic rings. The minimum absolute atomic E-state index is 0.00114. The van der Waals surface area contributed by atoms with Crippen molar-refractivity contribution in [3.8, 4) is 0 Å². The van der Waals surface area contributed by atoms with Crippen LogP contribution in [0.5, 0.6) is 0 Å². The Morgan fingerprint density at radius 2 is 1.39 bits per heavy atom. The molecule has 0 bridgehead atoms. The van der Waals surface area contributed by atoms with Gasteiger partial charge in [-0.1, -0.05) is 71.8 Å². The van der Waals surface area contributed by atoms with E-state index in [1.807, 2.05) is 12.1 Å². The van der Waals surface area contributed by atoms with Gasteiger partial charge in [0.25, 0.3) is 0 Å². The van der Waals surface area contributed by atoms with E-state index < -0.39 is 0 Å². The lowest BCUT2D eigenvalue weighted by Crippen LogP contribution is -2.31. The summed E-state index contributed by atoms with van der Waals surface area (Å²) in [5.74, 6) is 0. The van der Waals surface area contributed by atoms with Crippen LogP contribution in [0.15, 0.2) is 72.8 Å². The van der Waals surface area contributed by atoms with Crippen molar-refractivity contribution in [1.82, 2.24) is 9.13 Å². The van der Waals surface area contributed by atoms with Gasteiger partial charge in [-0.2, -0.15) is 0 Å². The quantitative estimate of drug-likeness (QED) is 0.349. The molecule has 4 rings (SSSR count). The van der Waals surface area contributed by atoms with Gasteiger partial charge in [0.2, 0.25) is 5.62 Å². The molecule has 1 atom stereocenters. The summed E-state index contributed by atoms with van der Waals surface area (Å²) >= 11 is 0. The van der Waals surface area contributed by atoms with Gasteiger partial charge < -0.3 is 18.6 Å². The number of fused-ring (bicyclic) bond motifs is 1. The van der Waals surface area contributed by atoms with Crippen molar-refractivity contribution in [3.63, 3.8) is 0 Å². The van der Waals surface area contributed by atoms with E-state index in [0.717, 1.165) is 17.5 Å². The third-order valence-electron chi connectivity index (χ3n) is 6.08. The van der Waals surface area contributed by atoms with Crippen molar-refractivity contribution in [3.05, 3.63) is 101 Å². The highest BCUT2D eigenvalue weighted by Crippen LogP contribution is 2.22.